The predicted molar refractivity (Wildman–Crippen MR) is 113 cm³/mol. The normalized spacial score (nSPS) is 30.9. The van der Waals surface area contributed by atoms with Gasteiger partial charge in [0.2, 0.25) is 0 Å². The molecule has 0 spiro atoms. The molecule has 0 bridgehead atoms. The van der Waals surface area contributed by atoms with E-state index in [2.05, 4.69) is 43.3 Å². The Bertz CT molecular complexity index is 922. The number of phenols is 1. The van der Waals surface area contributed by atoms with Crippen molar-refractivity contribution < 1.29 is 9.50 Å². The molecule has 1 saturated carbocycles. The molecule has 3 aliphatic carbocycles. The second-order valence-electron chi connectivity index (χ2n) is 8.90. The fourth-order valence-electron chi connectivity index (χ4n) is 6.17. The summed E-state index contributed by atoms with van der Waals surface area (Å²) in [6, 6.07) is 14.5. The Kier molecular flexibility index (Phi) is 4.64. The Morgan fingerprint density at radius 1 is 1.14 bits per heavy atom. The molecule has 2 aromatic rings. The van der Waals surface area contributed by atoms with Crippen molar-refractivity contribution in [2.45, 2.75) is 50.3 Å². The summed E-state index contributed by atoms with van der Waals surface area (Å²) >= 11 is 0.502. The van der Waals surface area contributed by atoms with Crippen molar-refractivity contribution in [2.75, 3.05) is 0 Å². The number of aromatic hydroxyl groups is 1. The first-order valence-corrected chi connectivity index (χ1v) is 12.5. The predicted octanol–water partition coefficient (Wildman–Crippen LogP) is 5.37. The van der Waals surface area contributed by atoms with Gasteiger partial charge in [-0.2, -0.15) is 0 Å². The van der Waals surface area contributed by atoms with Crippen LogP contribution in [0.4, 0.5) is 4.39 Å². The summed E-state index contributed by atoms with van der Waals surface area (Å²) in [4.78, 5) is 0. The first kappa shape index (κ1) is 18.5. The van der Waals surface area contributed by atoms with Crippen LogP contribution in [0, 0.1) is 23.1 Å². The van der Waals surface area contributed by atoms with Crippen LogP contribution in [0.5, 0.6) is 5.75 Å². The van der Waals surface area contributed by atoms with Crippen LogP contribution in [0.3, 0.4) is 0 Å². The molecule has 5 rings (SSSR count). The summed E-state index contributed by atoms with van der Waals surface area (Å²) in [7, 11) is 0. The molecule has 1 nitrogen and oxygen atoms in total. The van der Waals surface area contributed by atoms with Crippen molar-refractivity contribution >= 4 is 19.4 Å². The average Bonchev–Trinajstić information content (AvgIpc) is 3.06. The van der Waals surface area contributed by atoms with Gasteiger partial charge in [-0.25, -0.2) is 0 Å². The third-order valence-corrected chi connectivity index (χ3v) is 9.93. The molecule has 1 N–H and O–H groups in total. The molecule has 3 heteroatoms. The molecule has 0 amide bonds. The fourth-order valence-corrected chi connectivity index (χ4v) is 8.52. The minimum absolute atomic E-state index is 0.189. The SMILES string of the molecule is C[C@]12CC[C@@H]3c4ccc(O)c(F)c4CC[C@H]3[C@@H]1CC=C2C[Se]c1ccccc1. The van der Waals surface area contributed by atoms with Crippen molar-refractivity contribution in [3.63, 3.8) is 0 Å². The van der Waals surface area contributed by atoms with Crippen LogP contribution in [0.15, 0.2) is 54.1 Å². The van der Waals surface area contributed by atoms with E-state index in [4.69, 9.17) is 0 Å². The Labute approximate surface area is 173 Å². The van der Waals surface area contributed by atoms with Gasteiger partial charge in [-0.15, -0.1) is 0 Å². The third kappa shape index (κ3) is 2.86. The van der Waals surface area contributed by atoms with Gasteiger partial charge in [-0.1, -0.05) is 0 Å². The van der Waals surface area contributed by atoms with Gasteiger partial charge in [0.15, 0.2) is 0 Å². The zero-order valence-electron chi connectivity index (χ0n) is 16.3. The van der Waals surface area contributed by atoms with Crippen molar-refractivity contribution in [2.24, 2.45) is 17.3 Å². The molecule has 0 heterocycles. The minimum atomic E-state index is -0.375. The zero-order chi connectivity index (χ0) is 19.3. The van der Waals surface area contributed by atoms with E-state index in [9.17, 15) is 9.50 Å². The van der Waals surface area contributed by atoms with E-state index in [0.29, 0.717) is 38.1 Å². The molecule has 0 aromatic heterocycles. The maximum absolute atomic E-state index is 14.5. The van der Waals surface area contributed by atoms with Crippen molar-refractivity contribution in [1.82, 2.24) is 0 Å². The van der Waals surface area contributed by atoms with Gasteiger partial charge in [0.1, 0.15) is 0 Å². The maximum atomic E-state index is 14.5. The van der Waals surface area contributed by atoms with Crippen LogP contribution in [-0.4, -0.2) is 20.1 Å². The van der Waals surface area contributed by atoms with E-state index in [1.54, 1.807) is 11.6 Å². The summed E-state index contributed by atoms with van der Waals surface area (Å²) in [6.45, 7) is 2.50. The number of halogens is 1. The summed E-state index contributed by atoms with van der Waals surface area (Å²) in [5.41, 5.74) is 3.96. The molecule has 4 atom stereocenters. The van der Waals surface area contributed by atoms with Gasteiger partial charge in [-0.3, -0.25) is 0 Å². The van der Waals surface area contributed by atoms with Gasteiger partial charge in [0, 0.05) is 0 Å². The van der Waals surface area contributed by atoms with E-state index in [-0.39, 0.29) is 11.6 Å². The number of benzene rings is 2. The first-order chi connectivity index (χ1) is 13.6. The van der Waals surface area contributed by atoms with Crippen LogP contribution in [0.2, 0.25) is 5.32 Å². The quantitative estimate of drug-likeness (QED) is 0.502. The Morgan fingerprint density at radius 2 is 1.96 bits per heavy atom. The summed E-state index contributed by atoms with van der Waals surface area (Å²) < 4.78 is 15.9. The van der Waals surface area contributed by atoms with Gasteiger partial charge in [0.25, 0.3) is 0 Å². The second-order valence-corrected chi connectivity index (χ2v) is 11.1. The topological polar surface area (TPSA) is 20.2 Å². The van der Waals surface area contributed by atoms with E-state index in [0.717, 1.165) is 24.8 Å². The number of hydrogen-bond acceptors (Lipinski definition) is 1. The van der Waals surface area contributed by atoms with Gasteiger partial charge in [0.05, 0.1) is 0 Å². The molecule has 1 fully saturated rings. The van der Waals surface area contributed by atoms with Crippen LogP contribution >= 0.6 is 0 Å². The first-order valence-electron chi connectivity index (χ1n) is 10.5. The number of allylic oxidation sites excluding steroid dienone is 2. The molecule has 146 valence electrons. The molecule has 28 heavy (non-hydrogen) atoms. The monoisotopic (exact) mass is 442 g/mol. The second kappa shape index (κ2) is 7.04. The number of rotatable bonds is 3. The van der Waals surface area contributed by atoms with Gasteiger partial charge in [-0.05, 0) is 0 Å². The van der Waals surface area contributed by atoms with Crippen molar-refractivity contribution in [1.29, 1.82) is 0 Å². The standard InChI is InChI=1S/C25H27FOSe/c1-25-14-13-19-18-10-12-23(27)24(26)21(18)9-8-20(19)22(25)11-7-16(25)15-28-17-5-3-2-4-6-17/h2-7,10,12,19-20,22,27H,8-9,11,13-15H2,1H3/t19-,20-,22+,25-/m1/s1. The molecular weight excluding hydrogens is 414 g/mol. The molecule has 0 radical (unpaired) electrons. The van der Waals surface area contributed by atoms with Gasteiger partial charge >= 0.3 is 173 Å². The number of fused-ring (bicyclic) bond motifs is 5. The Hall–Kier alpha value is -1.57. The summed E-state index contributed by atoms with van der Waals surface area (Å²) in [5, 5.41) is 11.0. The van der Waals surface area contributed by atoms with Crippen LogP contribution in [-0.2, 0) is 6.42 Å². The number of phenolic OH excluding ortho intramolecular Hbond substituents is 1. The van der Waals surface area contributed by atoms with E-state index < -0.39 is 0 Å². The summed E-state index contributed by atoms with van der Waals surface area (Å²) in [5.74, 6) is 1.24. The molecular formula is C25H27FOSe. The van der Waals surface area contributed by atoms with Gasteiger partial charge < -0.3 is 0 Å². The Morgan fingerprint density at radius 3 is 2.79 bits per heavy atom. The fraction of sp³-hybridized carbons (Fsp3) is 0.440. The molecule has 3 aliphatic rings. The summed E-state index contributed by atoms with van der Waals surface area (Å²) in [6.07, 6.45) is 7.91. The number of hydrogen-bond donors (Lipinski definition) is 1. The molecule has 0 aliphatic heterocycles. The zero-order valence-corrected chi connectivity index (χ0v) is 18.0. The van der Waals surface area contributed by atoms with Crippen LogP contribution < -0.4 is 4.46 Å². The third-order valence-electron chi connectivity index (χ3n) is 7.70. The van der Waals surface area contributed by atoms with E-state index >= 15 is 0 Å². The van der Waals surface area contributed by atoms with Crippen LogP contribution in [0.1, 0.15) is 49.7 Å². The van der Waals surface area contributed by atoms with Crippen molar-refractivity contribution in [3.05, 3.63) is 71.1 Å². The van der Waals surface area contributed by atoms with Crippen LogP contribution in [0.25, 0.3) is 0 Å². The molecule has 0 unspecified atom stereocenters. The van der Waals surface area contributed by atoms with E-state index in [1.807, 2.05) is 6.07 Å². The average molecular weight is 441 g/mol. The molecule has 0 saturated heterocycles. The van der Waals surface area contributed by atoms with Crippen molar-refractivity contribution in [3.8, 4) is 5.75 Å². The molecule has 2 aromatic carbocycles. The Balaban J connectivity index is 1.37. The van der Waals surface area contributed by atoms with E-state index in [1.165, 1.54) is 28.2 Å².